The average Bonchev–Trinajstić information content (AvgIpc) is 2.10. The van der Waals surface area contributed by atoms with Crippen molar-refractivity contribution in [2.24, 2.45) is 0 Å². The van der Waals surface area contributed by atoms with Gasteiger partial charge < -0.3 is 10.2 Å². The largest absolute Gasteiger partial charge is 0.479 e. The molecule has 0 saturated carbocycles. The summed E-state index contributed by atoms with van der Waals surface area (Å²) < 4.78 is 1.55. The minimum absolute atomic E-state index is 0.413. The SMILES string of the molecule is Cc1cc(I)c(C(O)C(=O)O)cc1Br. The first-order chi connectivity index (χ1) is 6.43. The Morgan fingerprint density at radius 2 is 2.14 bits per heavy atom. The number of rotatable bonds is 2. The molecule has 76 valence electrons. The molecule has 5 heteroatoms. The van der Waals surface area contributed by atoms with E-state index in [0.29, 0.717) is 5.56 Å². The van der Waals surface area contributed by atoms with Gasteiger partial charge in [0.1, 0.15) is 0 Å². The van der Waals surface area contributed by atoms with Crippen LogP contribution in [0.3, 0.4) is 0 Å². The van der Waals surface area contributed by atoms with Gasteiger partial charge in [0.25, 0.3) is 0 Å². The monoisotopic (exact) mass is 370 g/mol. The van der Waals surface area contributed by atoms with Crippen molar-refractivity contribution in [3.8, 4) is 0 Å². The smallest absolute Gasteiger partial charge is 0.337 e. The molecule has 14 heavy (non-hydrogen) atoms. The van der Waals surface area contributed by atoms with Crippen LogP contribution in [-0.2, 0) is 4.79 Å². The van der Waals surface area contributed by atoms with Crippen molar-refractivity contribution in [3.05, 3.63) is 31.3 Å². The maximum absolute atomic E-state index is 10.6. The van der Waals surface area contributed by atoms with Crippen LogP contribution in [0.5, 0.6) is 0 Å². The topological polar surface area (TPSA) is 57.5 Å². The molecule has 0 aliphatic rings. The summed E-state index contributed by atoms with van der Waals surface area (Å²) in [6.45, 7) is 1.91. The molecule has 0 aromatic heterocycles. The van der Waals surface area contributed by atoms with E-state index in [1.54, 1.807) is 6.07 Å². The fraction of sp³-hybridized carbons (Fsp3) is 0.222. The van der Waals surface area contributed by atoms with E-state index < -0.39 is 12.1 Å². The van der Waals surface area contributed by atoms with Crippen LogP contribution in [0.2, 0.25) is 0 Å². The van der Waals surface area contributed by atoms with Gasteiger partial charge >= 0.3 is 5.97 Å². The number of hydrogen-bond acceptors (Lipinski definition) is 2. The summed E-state index contributed by atoms with van der Waals surface area (Å²) in [5.74, 6) is -1.24. The van der Waals surface area contributed by atoms with Gasteiger partial charge in [0, 0.05) is 13.6 Å². The van der Waals surface area contributed by atoms with E-state index in [0.717, 1.165) is 13.6 Å². The molecule has 0 aliphatic heterocycles. The van der Waals surface area contributed by atoms with Gasteiger partial charge in [-0.3, -0.25) is 0 Å². The van der Waals surface area contributed by atoms with Crippen molar-refractivity contribution in [1.82, 2.24) is 0 Å². The van der Waals surface area contributed by atoms with Gasteiger partial charge in [-0.15, -0.1) is 0 Å². The highest BCUT2D eigenvalue weighted by atomic mass is 127. The van der Waals surface area contributed by atoms with E-state index in [1.807, 2.05) is 35.6 Å². The molecule has 0 radical (unpaired) electrons. The fourth-order valence-electron chi connectivity index (χ4n) is 1.00. The van der Waals surface area contributed by atoms with Crippen molar-refractivity contribution in [3.63, 3.8) is 0 Å². The molecule has 0 saturated heterocycles. The molecule has 1 rings (SSSR count). The van der Waals surface area contributed by atoms with Crippen molar-refractivity contribution in [2.75, 3.05) is 0 Å². The maximum Gasteiger partial charge on any atom is 0.337 e. The van der Waals surface area contributed by atoms with Crippen LogP contribution in [0.4, 0.5) is 0 Å². The lowest BCUT2D eigenvalue weighted by atomic mass is 10.1. The van der Waals surface area contributed by atoms with Crippen LogP contribution >= 0.6 is 38.5 Å². The third kappa shape index (κ3) is 2.46. The first-order valence-corrected chi connectivity index (χ1v) is 5.67. The van der Waals surface area contributed by atoms with Crippen LogP contribution in [0.1, 0.15) is 17.2 Å². The Kier molecular flexibility index (Phi) is 3.91. The summed E-state index contributed by atoms with van der Waals surface area (Å²) in [5.41, 5.74) is 1.42. The van der Waals surface area contributed by atoms with Crippen LogP contribution < -0.4 is 0 Å². The van der Waals surface area contributed by atoms with Crippen molar-refractivity contribution >= 4 is 44.5 Å². The number of carbonyl (C=O) groups is 1. The second kappa shape index (κ2) is 4.59. The number of carboxylic acid groups (broad SMARTS) is 1. The third-order valence-electron chi connectivity index (χ3n) is 1.81. The summed E-state index contributed by atoms with van der Waals surface area (Å²) in [4.78, 5) is 10.6. The Morgan fingerprint density at radius 3 is 2.64 bits per heavy atom. The molecule has 2 N–H and O–H groups in total. The standard InChI is InChI=1S/C9H8BrIO3/c1-4-2-7(11)5(3-6(4)10)8(12)9(13)14/h2-3,8,12H,1H3,(H,13,14). The third-order valence-corrected chi connectivity index (χ3v) is 3.60. The lowest BCUT2D eigenvalue weighted by molar-refractivity contribution is -0.147. The van der Waals surface area contributed by atoms with Gasteiger partial charge in [-0.25, -0.2) is 4.79 Å². The minimum atomic E-state index is -1.46. The zero-order chi connectivity index (χ0) is 10.9. The Hall–Kier alpha value is -0.140. The molecular formula is C9H8BrIO3. The summed E-state index contributed by atoms with van der Waals surface area (Å²) in [6.07, 6.45) is -1.46. The van der Waals surface area contributed by atoms with Gasteiger partial charge in [0.05, 0.1) is 0 Å². The van der Waals surface area contributed by atoms with Gasteiger partial charge in [0.15, 0.2) is 6.10 Å². The predicted molar refractivity (Wildman–Crippen MR) is 64.2 cm³/mol. The molecule has 0 amide bonds. The average molecular weight is 371 g/mol. The summed E-state index contributed by atoms with van der Waals surface area (Å²) in [7, 11) is 0. The minimum Gasteiger partial charge on any atom is -0.479 e. The number of hydrogen-bond donors (Lipinski definition) is 2. The van der Waals surface area contributed by atoms with Crippen LogP contribution in [0.25, 0.3) is 0 Å². The van der Waals surface area contributed by atoms with Crippen molar-refractivity contribution < 1.29 is 15.0 Å². The summed E-state index contributed by atoms with van der Waals surface area (Å²) in [6, 6.07) is 3.46. The van der Waals surface area contributed by atoms with Crippen LogP contribution in [0.15, 0.2) is 16.6 Å². The Labute approximate surface area is 103 Å². The number of aliphatic hydroxyl groups excluding tert-OH is 1. The first kappa shape index (κ1) is 11.9. The molecule has 0 heterocycles. The molecule has 0 fully saturated rings. The molecule has 0 spiro atoms. The predicted octanol–water partition coefficient (Wildman–Crippen LogP) is 2.48. The highest BCUT2D eigenvalue weighted by Gasteiger charge is 2.19. The zero-order valence-corrected chi connectivity index (χ0v) is 11.0. The van der Waals surface area contributed by atoms with Crippen LogP contribution in [0, 0.1) is 10.5 Å². The summed E-state index contributed by atoms with van der Waals surface area (Å²) >= 11 is 5.30. The lowest BCUT2D eigenvalue weighted by Gasteiger charge is -2.10. The zero-order valence-electron chi connectivity index (χ0n) is 7.29. The van der Waals surface area contributed by atoms with Crippen LogP contribution in [-0.4, -0.2) is 16.2 Å². The van der Waals surface area contributed by atoms with Crippen molar-refractivity contribution in [1.29, 1.82) is 0 Å². The summed E-state index contributed by atoms with van der Waals surface area (Å²) in [5, 5.41) is 18.0. The quantitative estimate of drug-likeness (QED) is 0.786. The van der Waals surface area contributed by atoms with Gasteiger partial charge in [-0.2, -0.15) is 0 Å². The van der Waals surface area contributed by atoms with E-state index in [4.69, 9.17) is 5.11 Å². The van der Waals surface area contributed by atoms with Crippen molar-refractivity contribution in [2.45, 2.75) is 13.0 Å². The highest BCUT2D eigenvalue weighted by molar-refractivity contribution is 14.1. The number of aliphatic carboxylic acids is 1. The number of halogens is 2. The molecular weight excluding hydrogens is 363 g/mol. The van der Waals surface area contributed by atoms with E-state index in [2.05, 4.69) is 15.9 Å². The molecule has 1 unspecified atom stereocenters. The molecule has 0 bridgehead atoms. The number of benzene rings is 1. The molecule has 1 atom stereocenters. The molecule has 0 aliphatic carbocycles. The Morgan fingerprint density at radius 1 is 1.57 bits per heavy atom. The molecule has 1 aromatic carbocycles. The van der Waals surface area contributed by atoms with E-state index in [-0.39, 0.29) is 0 Å². The number of carboxylic acids is 1. The van der Waals surface area contributed by atoms with Gasteiger partial charge in [-0.05, 0) is 47.2 Å². The number of aliphatic hydroxyl groups is 1. The Bertz CT molecular complexity index is 379. The maximum atomic E-state index is 10.6. The van der Waals surface area contributed by atoms with E-state index in [9.17, 15) is 9.90 Å². The van der Waals surface area contributed by atoms with Gasteiger partial charge in [0.2, 0.25) is 0 Å². The van der Waals surface area contributed by atoms with Gasteiger partial charge in [-0.1, -0.05) is 15.9 Å². The number of aryl methyl sites for hydroxylation is 1. The molecule has 1 aromatic rings. The first-order valence-electron chi connectivity index (χ1n) is 3.80. The second-order valence-electron chi connectivity index (χ2n) is 2.86. The fourth-order valence-corrected chi connectivity index (χ4v) is 2.28. The Balaban J connectivity index is 3.22. The van der Waals surface area contributed by atoms with E-state index in [1.165, 1.54) is 0 Å². The highest BCUT2D eigenvalue weighted by Crippen LogP contribution is 2.27. The second-order valence-corrected chi connectivity index (χ2v) is 4.88. The molecule has 3 nitrogen and oxygen atoms in total. The van der Waals surface area contributed by atoms with E-state index >= 15 is 0 Å². The lowest BCUT2D eigenvalue weighted by Crippen LogP contribution is -2.12. The normalized spacial score (nSPS) is 12.6.